The Morgan fingerprint density at radius 3 is 2.53 bits per heavy atom. The molecule has 1 aromatic heterocycles. The van der Waals surface area contributed by atoms with E-state index in [4.69, 9.17) is 14.6 Å². The Morgan fingerprint density at radius 1 is 1.35 bits per heavy atom. The molecule has 1 rings (SSSR count). The van der Waals surface area contributed by atoms with E-state index in [1.165, 1.54) is 0 Å². The third-order valence-electron chi connectivity index (χ3n) is 2.94. The highest BCUT2D eigenvalue weighted by molar-refractivity contribution is 5.15. The molecular weight excluding hydrogens is 218 g/mol. The summed E-state index contributed by atoms with van der Waals surface area (Å²) >= 11 is 0. The van der Waals surface area contributed by atoms with Gasteiger partial charge < -0.3 is 19.9 Å². The number of aliphatic hydroxyl groups is 2. The summed E-state index contributed by atoms with van der Waals surface area (Å²) in [7, 11) is 0. The molecule has 0 saturated carbocycles. The zero-order valence-electron chi connectivity index (χ0n) is 10.9. The minimum Gasteiger partial charge on any atom is -0.466 e. The van der Waals surface area contributed by atoms with Gasteiger partial charge in [0.15, 0.2) is 0 Å². The van der Waals surface area contributed by atoms with Gasteiger partial charge in [0.1, 0.15) is 11.5 Å². The van der Waals surface area contributed by atoms with Crippen LogP contribution in [-0.4, -0.2) is 36.0 Å². The fraction of sp³-hybridized carbons (Fsp3) is 0.692. The normalized spacial score (nSPS) is 13.9. The number of hydrogen-bond donors (Lipinski definition) is 3. The molecule has 0 fully saturated rings. The summed E-state index contributed by atoms with van der Waals surface area (Å²) in [6.45, 7) is 6.92. The van der Waals surface area contributed by atoms with E-state index in [1.54, 1.807) is 0 Å². The van der Waals surface area contributed by atoms with Crippen molar-refractivity contribution in [3.63, 3.8) is 0 Å². The summed E-state index contributed by atoms with van der Waals surface area (Å²) in [5.41, 5.74) is -0.128. The minimum atomic E-state index is -0.128. The van der Waals surface area contributed by atoms with Gasteiger partial charge in [-0.15, -0.1) is 0 Å². The average molecular weight is 241 g/mol. The van der Waals surface area contributed by atoms with Crippen molar-refractivity contribution < 1.29 is 14.6 Å². The molecule has 0 radical (unpaired) electrons. The Bertz CT molecular complexity index is 333. The first-order chi connectivity index (χ1) is 7.99. The Hall–Kier alpha value is -0.840. The van der Waals surface area contributed by atoms with Crippen molar-refractivity contribution in [3.05, 3.63) is 23.7 Å². The van der Waals surface area contributed by atoms with Crippen LogP contribution in [0.4, 0.5) is 0 Å². The SMILES string of the molecule is Cc1ccc(C(C)(C)CNC(CO)CCO)o1. The number of furan rings is 1. The van der Waals surface area contributed by atoms with Gasteiger partial charge in [0, 0.05) is 24.6 Å². The zero-order valence-corrected chi connectivity index (χ0v) is 10.9. The standard InChI is InChI=1S/C13H23NO3/c1-10-4-5-12(17-10)13(2,3)9-14-11(8-16)6-7-15/h4-5,11,14-16H,6-9H2,1-3H3. The molecule has 0 aliphatic rings. The van der Waals surface area contributed by atoms with E-state index < -0.39 is 0 Å². The molecule has 4 nitrogen and oxygen atoms in total. The van der Waals surface area contributed by atoms with Crippen LogP contribution in [0.2, 0.25) is 0 Å². The first kappa shape index (κ1) is 14.2. The smallest absolute Gasteiger partial charge is 0.111 e. The number of aryl methyl sites for hydroxylation is 1. The van der Waals surface area contributed by atoms with Crippen LogP contribution in [0, 0.1) is 6.92 Å². The highest BCUT2D eigenvalue weighted by atomic mass is 16.3. The molecule has 98 valence electrons. The van der Waals surface area contributed by atoms with Crippen LogP contribution in [0.5, 0.6) is 0 Å². The van der Waals surface area contributed by atoms with E-state index in [-0.39, 0.29) is 24.7 Å². The number of aliphatic hydroxyl groups excluding tert-OH is 2. The summed E-state index contributed by atoms with van der Waals surface area (Å²) < 4.78 is 5.62. The third kappa shape index (κ3) is 4.15. The highest BCUT2D eigenvalue weighted by Gasteiger charge is 2.25. The minimum absolute atomic E-state index is 0.0355. The van der Waals surface area contributed by atoms with Crippen molar-refractivity contribution in [2.75, 3.05) is 19.8 Å². The van der Waals surface area contributed by atoms with E-state index >= 15 is 0 Å². The fourth-order valence-electron chi connectivity index (χ4n) is 1.70. The van der Waals surface area contributed by atoms with Crippen LogP contribution in [-0.2, 0) is 5.41 Å². The highest BCUT2D eigenvalue weighted by Crippen LogP contribution is 2.24. The van der Waals surface area contributed by atoms with Gasteiger partial charge in [-0.2, -0.15) is 0 Å². The van der Waals surface area contributed by atoms with Crippen molar-refractivity contribution in [1.82, 2.24) is 5.32 Å². The summed E-state index contributed by atoms with van der Waals surface area (Å²) in [4.78, 5) is 0. The molecule has 0 spiro atoms. The Kier molecular flexibility index (Phi) is 5.18. The molecular formula is C13H23NO3. The van der Waals surface area contributed by atoms with E-state index in [9.17, 15) is 0 Å². The Morgan fingerprint density at radius 2 is 2.06 bits per heavy atom. The summed E-state index contributed by atoms with van der Waals surface area (Å²) in [5.74, 6) is 1.84. The van der Waals surface area contributed by atoms with Crippen LogP contribution < -0.4 is 5.32 Å². The number of nitrogens with one attached hydrogen (secondary N) is 1. The predicted octanol–water partition coefficient (Wildman–Crippen LogP) is 1.20. The second kappa shape index (κ2) is 6.19. The van der Waals surface area contributed by atoms with Crippen molar-refractivity contribution in [3.8, 4) is 0 Å². The zero-order chi connectivity index (χ0) is 12.9. The van der Waals surface area contributed by atoms with E-state index in [0.717, 1.165) is 11.5 Å². The molecule has 1 aromatic rings. The number of rotatable bonds is 7. The topological polar surface area (TPSA) is 65.6 Å². The van der Waals surface area contributed by atoms with Crippen LogP contribution in [0.1, 0.15) is 31.8 Å². The van der Waals surface area contributed by atoms with Crippen molar-refractivity contribution in [2.24, 2.45) is 0 Å². The lowest BCUT2D eigenvalue weighted by Crippen LogP contribution is -2.41. The predicted molar refractivity (Wildman–Crippen MR) is 67.1 cm³/mol. The van der Waals surface area contributed by atoms with E-state index in [1.807, 2.05) is 19.1 Å². The van der Waals surface area contributed by atoms with Crippen molar-refractivity contribution >= 4 is 0 Å². The molecule has 0 aliphatic carbocycles. The van der Waals surface area contributed by atoms with Gasteiger partial charge in [-0.05, 0) is 25.5 Å². The maximum absolute atomic E-state index is 9.13. The monoisotopic (exact) mass is 241 g/mol. The molecule has 3 N–H and O–H groups in total. The fourth-order valence-corrected chi connectivity index (χ4v) is 1.70. The second-order valence-electron chi connectivity index (χ2n) is 5.07. The van der Waals surface area contributed by atoms with Crippen LogP contribution in [0.3, 0.4) is 0 Å². The van der Waals surface area contributed by atoms with Gasteiger partial charge in [-0.1, -0.05) is 13.8 Å². The van der Waals surface area contributed by atoms with Crippen LogP contribution in [0.25, 0.3) is 0 Å². The third-order valence-corrected chi connectivity index (χ3v) is 2.94. The molecule has 1 atom stereocenters. The maximum Gasteiger partial charge on any atom is 0.111 e. The van der Waals surface area contributed by atoms with Crippen LogP contribution >= 0.6 is 0 Å². The molecule has 0 saturated heterocycles. The van der Waals surface area contributed by atoms with Crippen molar-refractivity contribution in [2.45, 2.75) is 38.6 Å². The van der Waals surface area contributed by atoms with Gasteiger partial charge in [0.05, 0.1) is 6.61 Å². The molecule has 0 aromatic carbocycles. The molecule has 0 bridgehead atoms. The average Bonchev–Trinajstić information content (AvgIpc) is 2.72. The lowest BCUT2D eigenvalue weighted by atomic mass is 9.90. The van der Waals surface area contributed by atoms with Gasteiger partial charge in [-0.25, -0.2) is 0 Å². The van der Waals surface area contributed by atoms with E-state index in [2.05, 4.69) is 19.2 Å². The molecule has 1 unspecified atom stereocenters. The Balaban J connectivity index is 2.54. The molecule has 1 heterocycles. The molecule has 0 amide bonds. The van der Waals surface area contributed by atoms with Crippen molar-refractivity contribution in [1.29, 1.82) is 0 Å². The lowest BCUT2D eigenvalue weighted by molar-refractivity contribution is 0.193. The first-order valence-electron chi connectivity index (χ1n) is 6.01. The summed E-state index contributed by atoms with van der Waals surface area (Å²) in [5, 5.41) is 21.2. The number of hydrogen-bond acceptors (Lipinski definition) is 4. The van der Waals surface area contributed by atoms with Gasteiger partial charge >= 0.3 is 0 Å². The second-order valence-corrected chi connectivity index (χ2v) is 5.07. The summed E-state index contributed by atoms with van der Waals surface area (Å²) in [6.07, 6.45) is 0.559. The Labute approximate surface area is 103 Å². The summed E-state index contributed by atoms with van der Waals surface area (Å²) in [6, 6.07) is 3.88. The molecule has 0 aliphatic heterocycles. The van der Waals surface area contributed by atoms with Gasteiger partial charge in [0.25, 0.3) is 0 Å². The molecule has 4 heteroatoms. The molecule has 17 heavy (non-hydrogen) atoms. The van der Waals surface area contributed by atoms with Gasteiger partial charge in [-0.3, -0.25) is 0 Å². The lowest BCUT2D eigenvalue weighted by Gasteiger charge is -2.25. The van der Waals surface area contributed by atoms with Crippen LogP contribution in [0.15, 0.2) is 16.5 Å². The largest absolute Gasteiger partial charge is 0.466 e. The maximum atomic E-state index is 9.13. The van der Waals surface area contributed by atoms with E-state index in [0.29, 0.717) is 13.0 Å². The van der Waals surface area contributed by atoms with Gasteiger partial charge in [0.2, 0.25) is 0 Å². The first-order valence-corrected chi connectivity index (χ1v) is 6.01. The quantitative estimate of drug-likeness (QED) is 0.671.